The van der Waals surface area contributed by atoms with E-state index in [4.69, 9.17) is 0 Å². The van der Waals surface area contributed by atoms with Crippen molar-refractivity contribution in [2.75, 3.05) is 32.1 Å². The molecule has 1 saturated heterocycles. The van der Waals surface area contributed by atoms with Crippen LogP contribution in [0.3, 0.4) is 0 Å². The van der Waals surface area contributed by atoms with Gasteiger partial charge < -0.3 is 14.9 Å². The number of carbonyl (C=O) groups is 2. The zero-order chi connectivity index (χ0) is 16.7. The van der Waals surface area contributed by atoms with Crippen molar-refractivity contribution >= 4 is 17.8 Å². The van der Waals surface area contributed by atoms with Crippen molar-refractivity contribution in [2.45, 2.75) is 19.8 Å². The molecule has 2 atom stereocenters. The normalized spacial score (nSPS) is 23.9. The van der Waals surface area contributed by atoms with Gasteiger partial charge in [-0.1, -0.05) is 0 Å². The number of carboxylic acids is 1. The number of aryl methyl sites for hydroxylation is 1. The van der Waals surface area contributed by atoms with Crippen LogP contribution in [-0.2, 0) is 4.79 Å². The average Bonchev–Trinajstić information content (AvgIpc) is 3.24. The van der Waals surface area contributed by atoms with Crippen LogP contribution in [0.15, 0.2) is 6.20 Å². The number of nitrogens with zero attached hydrogens (tertiary/aromatic N) is 4. The third-order valence-electron chi connectivity index (χ3n) is 4.79. The van der Waals surface area contributed by atoms with Gasteiger partial charge in [-0.25, -0.2) is 9.97 Å². The quantitative estimate of drug-likeness (QED) is 0.892. The fourth-order valence-electron chi connectivity index (χ4n) is 3.31. The number of likely N-dealkylation sites (tertiary alicyclic amines) is 1. The first kappa shape index (κ1) is 15.7. The van der Waals surface area contributed by atoms with E-state index in [1.165, 1.54) is 0 Å². The first-order valence-corrected chi connectivity index (χ1v) is 7.91. The molecule has 3 rings (SSSR count). The number of carboxylic acid groups (broad SMARTS) is 1. The van der Waals surface area contributed by atoms with E-state index in [-0.39, 0.29) is 18.4 Å². The third kappa shape index (κ3) is 3.00. The minimum absolute atomic E-state index is 0.0822. The Kier molecular flexibility index (Phi) is 3.95. The summed E-state index contributed by atoms with van der Waals surface area (Å²) in [4.78, 5) is 36.2. The molecule has 1 aliphatic heterocycles. The predicted octanol–water partition coefficient (Wildman–Crippen LogP) is 1.03. The molecular weight excluding hydrogens is 296 g/mol. The number of rotatable bonds is 4. The van der Waals surface area contributed by atoms with Gasteiger partial charge in [-0.05, 0) is 31.6 Å². The summed E-state index contributed by atoms with van der Waals surface area (Å²) in [5, 5.41) is 9.41. The van der Waals surface area contributed by atoms with Gasteiger partial charge in [0.2, 0.25) is 5.95 Å². The molecule has 1 amide bonds. The van der Waals surface area contributed by atoms with Gasteiger partial charge in [0.15, 0.2) is 0 Å². The highest BCUT2D eigenvalue weighted by molar-refractivity contribution is 5.95. The molecule has 0 aromatic carbocycles. The molecule has 0 spiro atoms. The van der Waals surface area contributed by atoms with Crippen LogP contribution < -0.4 is 4.90 Å². The van der Waals surface area contributed by atoms with E-state index < -0.39 is 11.9 Å². The molecule has 2 heterocycles. The van der Waals surface area contributed by atoms with Crippen molar-refractivity contribution < 1.29 is 14.7 Å². The fraction of sp³-hybridized carbons (Fsp3) is 0.625. The Labute approximate surface area is 135 Å². The number of hydrogen-bond acceptors (Lipinski definition) is 5. The zero-order valence-corrected chi connectivity index (χ0v) is 13.7. The Balaban J connectivity index is 1.79. The van der Waals surface area contributed by atoms with Crippen molar-refractivity contribution in [1.82, 2.24) is 14.9 Å². The molecule has 0 unspecified atom stereocenters. The molecule has 0 radical (unpaired) electrons. The monoisotopic (exact) mass is 318 g/mol. The molecule has 1 aromatic rings. The van der Waals surface area contributed by atoms with Crippen molar-refractivity contribution in [3.8, 4) is 0 Å². The van der Waals surface area contributed by atoms with Gasteiger partial charge in [0.25, 0.3) is 5.91 Å². The van der Waals surface area contributed by atoms with E-state index in [2.05, 4.69) is 9.97 Å². The van der Waals surface area contributed by atoms with Crippen LogP contribution in [0.1, 0.15) is 28.9 Å². The molecule has 2 aliphatic rings. The van der Waals surface area contributed by atoms with Gasteiger partial charge in [0, 0.05) is 33.4 Å². The summed E-state index contributed by atoms with van der Waals surface area (Å²) < 4.78 is 0. The second kappa shape index (κ2) is 5.79. The van der Waals surface area contributed by atoms with Gasteiger partial charge >= 0.3 is 5.97 Å². The highest BCUT2D eigenvalue weighted by Gasteiger charge is 2.47. The van der Waals surface area contributed by atoms with Crippen LogP contribution >= 0.6 is 0 Å². The van der Waals surface area contributed by atoms with Crippen molar-refractivity contribution in [3.05, 3.63) is 17.5 Å². The Bertz CT molecular complexity index is 642. The summed E-state index contributed by atoms with van der Waals surface area (Å²) >= 11 is 0. The summed E-state index contributed by atoms with van der Waals surface area (Å²) in [7, 11) is 3.68. The molecule has 1 aromatic heterocycles. The summed E-state index contributed by atoms with van der Waals surface area (Å²) in [6.07, 6.45) is 3.70. The number of amides is 1. The molecule has 7 nitrogen and oxygen atoms in total. The lowest BCUT2D eigenvalue weighted by molar-refractivity contribution is -0.142. The van der Waals surface area contributed by atoms with E-state index in [0.717, 1.165) is 12.8 Å². The van der Waals surface area contributed by atoms with E-state index in [0.29, 0.717) is 29.7 Å². The Morgan fingerprint density at radius 3 is 2.52 bits per heavy atom. The van der Waals surface area contributed by atoms with E-state index in [9.17, 15) is 14.7 Å². The average molecular weight is 318 g/mol. The van der Waals surface area contributed by atoms with E-state index in [1.54, 1.807) is 22.9 Å². The minimum Gasteiger partial charge on any atom is -0.481 e. The van der Waals surface area contributed by atoms with Crippen molar-refractivity contribution in [1.29, 1.82) is 0 Å². The van der Waals surface area contributed by atoms with Crippen LogP contribution in [0.4, 0.5) is 5.95 Å². The number of aromatic nitrogens is 2. The smallest absolute Gasteiger partial charge is 0.308 e. The fourth-order valence-corrected chi connectivity index (χ4v) is 3.31. The highest BCUT2D eigenvalue weighted by atomic mass is 16.4. The van der Waals surface area contributed by atoms with Crippen molar-refractivity contribution in [3.63, 3.8) is 0 Å². The number of anilines is 1. The maximum absolute atomic E-state index is 12.7. The topological polar surface area (TPSA) is 86.6 Å². The number of carbonyl (C=O) groups excluding carboxylic acids is 1. The molecule has 1 aliphatic carbocycles. The Morgan fingerprint density at radius 1 is 1.30 bits per heavy atom. The summed E-state index contributed by atoms with van der Waals surface area (Å²) in [6.45, 7) is 2.59. The van der Waals surface area contributed by atoms with Gasteiger partial charge in [-0.3, -0.25) is 9.59 Å². The molecule has 23 heavy (non-hydrogen) atoms. The molecule has 2 fully saturated rings. The van der Waals surface area contributed by atoms with Gasteiger partial charge in [-0.2, -0.15) is 0 Å². The van der Waals surface area contributed by atoms with E-state index in [1.807, 2.05) is 14.1 Å². The second-order valence-electron chi connectivity index (χ2n) is 6.72. The van der Waals surface area contributed by atoms with Crippen LogP contribution in [0.25, 0.3) is 0 Å². The SMILES string of the molecule is Cc1nc(N(C)C)ncc1C(=O)N1C[C@H](C(=O)O)[C@@H](C2CC2)C1. The second-order valence-corrected chi connectivity index (χ2v) is 6.72. The maximum atomic E-state index is 12.7. The summed E-state index contributed by atoms with van der Waals surface area (Å²) in [5.74, 6) is -0.315. The first-order chi connectivity index (χ1) is 10.9. The van der Waals surface area contributed by atoms with Crippen LogP contribution in [0, 0.1) is 24.7 Å². The number of hydrogen-bond donors (Lipinski definition) is 1. The van der Waals surface area contributed by atoms with Gasteiger partial charge in [-0.15, -0.1) is 0 Å². The first-order valence-electron chi connectivity index (χ1n) is 7.91. The summed E-state index contributed by atoms with van der Waals surface area (Å²) in [5.41, 5.74) is 1.08. The van der Waals surface area contributed by atoms with Crippen LogP contribution in [-0.4, -0.2) is 59.0 Å². The Hall–Kier alpha value is -2.18. The largest absolute Gasteiger partial charge is 0.481 e. The summed E-state index contributed by atoms with van der Waals surface area (Å²) in [6, 6.07) is 0. The standard InChI is InChI=1S/C16H22N4O3/c1-9-11(6-17-16(18-9)19(2)3)14(21)20-7-12(10-4-5-10)13(8-20)15(22)23/h6,10,12-13H,4-5,7-8H2,1-3H3,(H,22,23)/t12-,13+/m1/s1. The molecule has 124 valence electrons. The lowest BCUT2D eigenvalue weighted by atomic mass is 9.92. The lowest BCUT2D eigenvalue weighted by Crippen LogP contribution is -2.31. The maximum Gasteiger partial charge on any atom is 0.308 e. The van der Waals surface area contributed by atoms with Crippen molar-refractivity contribution in [2.24, 2.45) is 17.8 Å². The van der Waals surface area contributed by atoms with Crippen LogP contribution in [0.5, 0.6) is 0 Å². The Morgan fingerprint density at radius 2 is 2.00 bits per heavy atom. The zero-order valence-electron chi connectivity index (χ0n) is 13.7. The third-order valence-corrected chi connectivity index (χ3v) is 4.79. The van der Waals surface area contributed by atoms with Crippen LogP contribution in [0.2, 0.25) is 0 Å². The molecule has 1 saturated carbocycles. The lowest BCUT2D eigenvalue weighted by Gasteiger charge is -2.18. The van der Waals surface area contributed by atoms with Gasteiger partial charge in [0.1, 0.15) is 0 Å². The highest BCUT2D eigenvalue weighted by Crippen LogP contribution is 2.44. The molecular formula is C16H22N4O3. The minimum atomic E-state index is -0.798. The van der Waals surface area contributed by atoms with E-state index >= 15 is 0 Å². The molecule has 0 bridgehead atoms. The predicted molar refractivity (Wildman–Crippen MR) is 84.3 cm³/mol. The molecule has 1 N–H and O–H groups in total. The molecule has 7 heteroatoms. The van der Waals surface area contributed by atoms with Gasteiger partial charge in [0.05, 0.1) is 17.2 Å². The number of aliphatic carboxylic acids is 1.